The van der Waals surface area contributed by atoms with Crippen molar-refractivity contribution in [1.29, 1.82) is 0 Å². The van der Waals surface area contributed by atoms with Crippen molar-refractivity contribution >= 4 is 5.69 Å². The van der Waals surface area contributed by atoms with E-state index in [0.29, 0.717) is 0 Å². The van der Waals surface area contributed by atoms with Crippen LogP contribution in [0.2, 0.25) is 0 Å². The van der Waals surface area contributed by atoms with Crippen LogP contribution in [0, 0.1) is 0 Å². The van der Waals surface area contributed by atoms with Gasteiger partial charge in [0.1, 0.15) is 0 Å². The standard InChI is InChI=1S/C39H47N/c1-8-10-11-12-28-13-15-29(16-14-28)33-23-34(30-19-21-36(22-20-30)38(3,4)5)25-35(24-33)31-17-18-32-27-39(6,9-2)40(7)37(32)26-31/h13-26H,8-12,27H2,1-7H3. The van der Waals surface area contributed by atoms with Gasteiger partial charge in [-0.05, 0) is 112 Å². The Bertz CT molecular complexity index is 1450. The summed E-state index contributed by atoms with van der Waals surface area (Å²) in [6, 6.07) is 32.7. The number of hydrogen-bond acceptors (Lipinski definition) is 1. The number of anilines is 1. The number of hydrogen-bond donors (Lipinski definition) is 0. The number of fused-ring (bicyclic) bond motifs is 1. The van der Waals surface area contributed by atoms with Crippen molar-refractivity contribution < 1.29 is 0 Å². The molecule has 1 atom stereocenters. The summed E-state index contributed by atoms with van der Waals surface area (Å²) in [5.74, 6) is 0. The highest BCUT2D eigenvalue weighted by Gasteiger charge is 2.36. The number of benzene rings is 4. The normalized spacial score (nSPS) is 16.8. The van der Waals surface area contributed by atoms with E-state index >= 15 is 0 Å². The Morgan fingerprint density at radius 1 is 0.675 bits per heavy atom. The Morgan fingerprint density at radius 3 is 1.77 bits per heavy atom. The lowest BCUT2D eigenvalue weighted by molar-refractivity contribution is 0.450. The van der Waals surface area contributed by atoms with Gasteiger partial charge in [-0.2, -0.15) is 0 Å². The predicted molar refractivity (Wildman–Crippen MR) is 175 cm³/mol. The van der Waals surface area contributed by atoms with E-state index < -0.39 is 0 Å². The Labute approximate surface area is 243 Å². The molecule has 0 aliphatic carbocycles. The molecule has 0 bridgehead atoms. The van der Waals surface area contributed by atoms with Crippen LogP contribution in [-0.4, -0.2) is 12.6 Å². The van der Waals surface area contributed by atoms with Crippen molar-refractivity contribution in [3.63, 3.8) is 0 Å². The smallest absolute Gasteiger partial charge is 0.0409 e. The fourth-order valence-electron chi connectivity index (χ4n) is 6.12. The van der Waals surface area contributed by atoms with Gasteiger partial charge in [-0.3, -0.25) is 0 Å². The second-order valence-electron chi connectivity index (χ2n) is 13.2. The second kappa shape index (κ2) is 11.3. The largest absolute Gasteiger partial charge is 0.369 e. The molecule has 1 aliphatic heterocycles. The van der Waals surface area contributed by atoms with Gasteiger partial charge in [0.2, 0.25) is 0 Å². The maximum Gasteiger partial charge on any atom is 0.0409 e. The molecule has 0 amide bonds. The van der Waals surface area contributed by atoms with Gasteiger partial charge in [-0.25, -0.2) is 0 Å². The maximum absolute atomic E-state index is 2.50. The highest BCUT2D eigenvalue weighted by atomic mass is 15.2. The molecule has 0 saturated heterocycles. The Balaban J connectivity index is 1.57. The number of likely N-dealkylation sites (N-methyl/N-ethyl adjacent to an activating group) is 1. The number of rotatable bonds is 8. The van der Waals surface area contributed by atoms with E-state index in [1.165, 1.54) is 81.4 Å². The molecule has 208 valence electrons. The predicted octanol–water partition coefficient (Wildman–Crippen LogP) is 10.9. The van der Waals surface area contributed by atoms with E-state index in [9.17, 15) is 0 Å². The lowest BCUT2D eigenvalue weighted by atomic mass is 9.85. The number of nitrogens with zero attached hydrogens (tertiary/aromatic N) is 1. The highest BCUT2D eigenvalue weighted by Crippen LogP contribution is 2.42. The van der Waals surface area contributed by atoms with Crippen molar-refractivity contribution in [2.24, 2.45) is 0 Å². The van der Waals surface area contributed by atoms with Crippen LogP contribution in [0.1, 0.15) is 83.9 Å². The molecule has 5 rings (SSSR count). The van der Waals surface area contributed by atoms with Crippen LogP contribution in [0.3, 0.4) is 0 Å². The number of aryl methyl sites for hydroxylation is 1. The van der Waals surface area contributed by atoms with Crippen molar-refractivity contribution in [3.8, 4) is 33.4 Å². The summed E-state index contributed by atoms with van der Waals surface area (Å²) in [6.45, 7) is 13.8. The first-order chi connectivity index (χ1) is 19.1. The van der Waals surface area contributed by atoms with E-state index in [1.807, 2.05) is 0 Å². The molecule has 0 fully saturated rings. The Morgan fingerprint density at radius 2 is 1.23 bits per heavy atom. The molecule has 40 heavy (non-hydrogen) atoms. The summed E-state index contributed by atoms with van der Waals surface area (Å²) in [5.41, 5.74) is 13.6. The Hall–Kier alpha value is -3.32. The van der Waals surface area contributed by atoms with Crippen LogP contribution in [0.5, 0.6) is 0 Å². The summed E-state index contributed by atoms with van der Waals surface area (Å²) >= 11 is 0. The average molecular weight is 530 g/mol. The topological polar surface area (TPSA) is 3.24 Å². The van der Waals surface area contributed by atoms with E-state index in [1.54, 1.807) is 0 Å². The average Bonchev–Trinajstić information content (AvgIpc) is 3.22. The second-order valence-corrected chi connectivity index (χ2v) is 13.2. The fourth-order valence-corrected chi connectivity index (χ4v) is 6.12. The lowest BCUT2D eigenvalue weighted by Crippen LogP contribution is -2.40. The molecule has 0 N–H and O–H groups in total. The molecule has 4 aromatic rings. The Kier molecular flexibility index (Phi) is 7.96. The summed E-state index contributed by atoms with van der Waals surface area (Å²) in [4.78, 5) is 2.50. The summed E-state index contributed by atoms with van der Waals surface area (Å²) in [6.07, 6.45) is 7.26. The molecule has 1 nitrogen and oxygen atoms in total. The zero-order valence-electron chi connectivity index (χ0n) is 25.8. The molecule has 0 saturated carbocycles. The molecule has 4 aromatic carbocycles. The summed E-state index contributed by atoms with van der Waals surface area (Å²) in [5, 5.41) is 0. The van der Waals surface area contributed by atoms with Gasteiger partial charge in [0.05, 0.1) is 0 Å². The van der Waals surface area contributed by atoms with Gasteiger partial charge in [0.15, 0.2) is 0 Å². The van der Waals surface area contributed by atoms with Gasteiger partial charge in [-0.1, -0.05) is 108 Å². The highest BCUT2D eigenvalue weighted by molar-refractivity contribution is 5.83. The van der Waals surface area contributed by atoms with Crippen molar-refractivity contribution in [2.75, 3.05) is 11.9 Å². The molecule has 0 radical (unpaired) electrons. The maximum atomic E-state index is 2.50. The van der Waals surface area contributed by atoms with Crippen LogP contribution >= 0.6 is 0 Å². The zero-order chi connectivity index (χ0) is 28.5. The third-order valence-electron chi connectivity index (χ3n) is 9.30. The van der Waals surface area contributed by atoms with Crippen LogP contribution in [0.15, 0.2) is 84.9 Å². The first kappa shape index (κ1) is 28.2. The van der Waals surface area contributed by atoms with E-state index in [4.69, 9.17) is 0 Å². The van der Waals surface area contributed by atoms with Crippen LogP contribution in [-0.2, 0) is 18.3 Å². The summed E-state index contributed by atoms with van der Waals surface area (Å²) < 4.78 is 0. The molecule has 0 aromatic heterocycles. The minimum absolute atomic E-state index is 0.147. The van der Waals surface area contributed by atoms with Crippen molar-refractivity contribution in [3.05, 3.63) is 102 Å². The van der Waals surface area contributed by atoms with Crippen LogP contribution in [0.4, 0.5) is 5.69 Å². The molecule has 0 spiro atoms. The van der Waals surface area contributed by atoms with Crippen molar-refractivity contribution in [1.82, 2.24) is 0 Å². The summed E-state index contributed by atoms with van der Waals surface area (Å²) in [7, 11) is 2.26. The van der Waals surface area contributed by atoms with Gasteiger partial charge < -0.3 is 4.90 Å². The zero-order valence-corrected chi connectivity index (χ0v) is 25.8. The first-order valence-corrected chi connectivity index (χ1v) is 15.3. The van der Waals surface area contributed by atoms with Gasteiger partial charge in [0, 0.05) is 18.3 Å². The molecular weight excluding hydrogens is 482 g/mol. The van der Waals surface area contributed by atoms with Gasteiger partial charge >= 0.3 is 0 Å². The lowest BCUT2D eigenvalue weighted by Gasteiger charge is -2.33. The third kappa shape index (κ3) is 5.75. The van der Waals surface area contributed by atoms with Crippen LogP contribution < -0.4 is 4.90 Å². The minimum Gasteiger partial charge on any atom is -0.369 e. The molecule has 1 aliphatic rings. The fraction of sp³-hybridized carbons (Fsp3) is 0.385. The van der Waals surface area contributed by atoms with Crippen molar-refractivity contribution in [2.45, 2.75) is 91.0 Å². The minimum atomic E-state index is 0.147. The van der Waals surface area contributed by atoms with Gasteiger partial charge in [0.25, 0.3) is 0 Å². The molecule has 1 unspecified atom stereocenters. The SMILES string of the molecule is CCCCCc1ccc(-c2cc(-c3ccc(C(C)(C)C)cc3)cc(-c3ccc4c(c3)N(C)C(C)(CC)C4)c2)cc1. The molecular formula is C39H47N. The third-order valence-corrected chi connectivity index (χ3v) is 9.30. The van der Waals surface area contributed by atoms with E-state index in [-0.39, 0.29) is 11.0 Å². The number of unbranched alkanes of at least 4 members (excludes halogenated alkanes) is 2. The monoisotopic (exact) mass is 529 g/mol. The van der Waals surface area contributed by atoms with Crippen LogP contribution in [0.25, 0.3) is 33.4 Å². The van der Waals surface area contributed by atoms with E-state index in [2.05, 4.69) is 138 Å². The molecule has 1 heteroatoms. The quantitative estimate of drug-likeness (QED) is 0.205. The molecule has 1 heterocycles. The first-order valence-electron chi connectivity index (χ1n) is 15.3. The van der Waals surface area contributed by atoms with Gasteiger partial charge in [-0.15, -0.1) is 0 Å². The van der Waals surface area contributed by atoms with E-state index in [0.717, 1.165) is 12.8 Å².